The van der Waals surface area contributed by atoms with Gasteiger partial charge in [0, 0.05) is 39.4 Å². The maximum absolute atomic E-state index is 12.9. The molecule has 2 aliphatic rings. The highest BCUT2D eigenvalue weighted by molar-refractivity contribution is 7.89. The Kier molecular flexibility index (Phi) is 6.76. The molecule has 0 radical (unpaired) electrons. The first-order valence-electron chi connectivity index (χ1n) is 8.98. The van der Waals surface area contributed by atoms with Gasteiger partial charge in [0.25, 0.3) is 5.91 Å². The molecule has 1 aromatic rings. The molecular weight excluding hydrogens is 376 g/mol. The molecule has 2 atom stereocenters. The Morgan fingerprint density at radius 3 is 2.62 bits per heavy atom. The number of hydrogen-bond donors (Lipinski definition) is 1. The van der Waals surface area contributed by atoms with E-state index in [-0.39, 0.29) is 23.2 Å². The van der Waals surface area contributed by atoms with Crippen LogP contribution in [0.15, 0.2) is 17.2 Å². The molecule has 1 aromatic heterocycles. The molecule has 26 heavy (non-hydrogen) atoms. The Balaban J connectivity index is 0.00000243. The fraction of sp³-hybridized carbons (Fsp3) is 0.706. The monoisotopic (exact) mass is 404 g/mol. The predicted octanol–water partition coefficient (Wildman–Crippen LogP) is 1.29. The Bertz CT molecular complexity index is 749. The van der Waals surface area contributed by atoms with Crippen molar-refractivity contribution < 1.29 is 13.2 Å². The summed E-state index contributed by atoms with van der Waals surface area (Å²) in [6.45, 7) is 5.07. The Hall–Kier alpha value is -1.09. The number of aryl methyl sites for hydroxylation is 1. The number of rotatable bonds is 4. The van der Waals surface area contributed by atoms with Gasteiger partial charge in [-0.05, 0) is 43.7 Å². The number of nitrogens with zero attached hydrogens (tertiary/aromatic N) is 3. The van der Waals surface area contributed by atoms with E-state index in [1.54, 1.807) is 27.0 Å². The zero-order valence-electron chi connectivity index (χ0n) is 15.4. The number of likely N-dealkylation sites (tertiary alicyclic amines) is 1. The van der Waals surface area contributed by atoms with Crippen molar-refractivity contribution in [2.75, 3.05) is 32.7 Å². The number of piperidine rings is 1. The average molecular weight is 405 g/mol. The van der Waals surface area contributed by atoms with Crippen molar-refractivity contribution in [1.82, 2.24) is 13.8 Å². The first-order valence-corrected chi connectivity index (χ1v) is 10.4. The summed E-state index contributed by atoms with van der Waals surface area (Å²) in [4.78, 5) is 14.7. The molecule has 0 bridgehead atoms. The first kappa shape index (κ1) is 21.2. The van der Waals surface area contributed by atoms with E-state index in [0.717, 1.165) is 19.3 Å². The van der Waals surface area contributed by atoms with Gasteiger partial charge in [0.1, 0.15) is 10.6 Å². The van der Waals surface area contributed by atoms with Crippen LogP contribution in [-0.4, -0.2) is 60.8 Å². The fourth-order valence-corrected chi connectivity index (χ4v) is 5.44. The maximum atomic E-state index is 12.9. The number of amides is 1. The third-order valence-electron chi connectivity index (χ3n) is 5.36. The predicted molar refractivity (Wildman–Crippen MR) is 103 cm³/mol. The van der Waals surface area contributed by atoms with Crippen LogP contribution in [0.2, 0.25) is 0 Å². The van der Waals surface area contributed by atoms with Gasteiger partial charge in [-0.2, -0.15) is 4.31 Å². The van der Waals surface area contributed by atoms with Crippen LogP contribution >= 0.6 is 12.4 Å². The molecule has 2 N–H and O–H groups in total. The van der Waals surface area contributed by atoms with Gasteiger partial charge in [0.2, 0.25) is 10.0 Å². The highest BCUT2D eigenvalue weighted by Gasteiger charge is 2.32. The van der Waals surface area contributed by atoms with Crippen molar-refractivity contribution in [3.63, 3.8) is 0 Å². The van der Waals surface area contributed by atoms with Crippen LogP contribution < -0.4 is 5.73 Å². The summed E-state index contributed by atoms with van der Waals surface area (Å²) < 4.78 is 29.0. The van der Waals surface area contributed by atoms with Gasteiger partial charge in [0.15, 0.2) is 0 Å². The topological polar surface area (TPSA) is 88.6 Å². The van der Waals surface area contributed by atoms with E-state index in [2.05, 4.69) is 6.92 Å². The number of sulfonamides is 1. The van der Waals surface area contributed by atoms with Gasteiger partial charge in [-0.3, -0.25) is 4.79 Å². The number of hydrogen-bond acceptors (Lipinski definition) is 4. The van der Waals surface area contributed by atoms with Crippen LogP contribution in [0.25, 0.3) is 0 Å². The molecule has 0 spiro atoms. The molecule has 7 nitrogen and oxygen atoms in total. The lowest BCUT2D eigenvalue weighted by molar-refractivity contribution is 0.0778. The number of nitrogens with two attached hydrogens (primary N) is 1. The van der Waals surface area contributed by atoms with Crippen LogP contribution in [0.1, 0.15) is 36.7 Å². The van der Waals surface area contributed by atoms with E-state index in [1.807, 2.05) is 0 Å². The van der Waals surface area contributed by atoms with Crippen LogP contribution in [0.4, 0.5) is 0 Å². The summed E-state index contributed by atoms with van der Waals surface area (Å²) in [6, 6.07) is 1.52. The molecule has 0 aromatic carbocycles. The van der Waals surface area contributed by atoms with E-state index < -0.39 is 10.0 Å². The summed E-state index contributed by atoms with van der Waals surface area (Å²) >= 11 is 0. The molecule has 2 unspecified atom stereocenters. The van der Waals surface area contributed by atoms with Crippen LogP contribution in [0.3, 0.4) is 0 Å². The van der Waals surface area contributed by atoms with Crippen molar-refractivity contribution in [3.8, 4) is 0 Å². The SMILES string of the molecule is CC1CCCN(S(=O)(=O)c2cc(C(=O)N3CCC(CN)C3)n(C)c2)C1.Cl. The van der Waals surface area contributed by atoms with Crippen molar-refractivity contribution >= 4 is 28.3 Å². The molecule has 2 saturated heterocycles. The van der Waals surface area contributed by atoms with E-state index >= 15 is 0 Å². The number of carbonyl (C=O) groups is 1. The van der Waals surface area contributed by atoms with Crippen LogP contribution in [0.5, 0.6) is 0 Å². The molecule has 0 saturated carbocycles. The second kappa shape index (κ2) is 8.29. The van der Waals surface area contributed by atoms with Crippen molar-refractivity contribution in [2.24, 2.45) is 24.6 Å². The number of aromatic nitrogens is 1. The third kappa shape index (κ3) is 4.08. The highest BCUT2D eigenvalue weighted by Crippen LogP contribution is 2.26. The molecule has 1 amide bonds. The van der Waals surface area contributed by atoms with Crippen molar-refractivity contribution in [1.29, 1.82) is 0 Å². The minimum absolute atomic E-state index is 0. The number of halogens is 1. The van der Waals surface area contributed by atoms with E-state index in [1.165, 1.54) is 6.07 Å². The summed E-state index contributed by atoms with van der Waals surface area (Å²) in [6.07, 6.45) is 4.40. The van der Waals surface area contributed by atoms with Crippen LogP contribution in [-0.2, 0) is 17.1 Å². The minimum atomic E-state index is -3.55. The van der Waals surface area contributed by atoms with Crippen molar-refractivity contribution in [2.45, 2.75) is 31.1 Å². The zero-order chi connectivity index (χ0) is 18.2. The van der Waals surface area contributed by atoms with Crippen molar-refractivity contribution in [3.05, 3.63) is 18.0 Å². The average Bonchev–Trinajstić information content (AvgIpc) is 3.21. The van der Waals surface area contributed by atoms with E-state index in [9.17, 15) is 13.2 Å². The molecule has 3 rings (SSSR count). The molecule has 3 heterocycles. The Labute approximate surface area is 162 Å². The second-order valence-electron chi connectivity index (χ2n) is 7.42. The maximum Gasteiger partial charge on any atom is 0.270 e. The Morgan fingerprint density at radius 1 is 1.27 bits per heavy atom. The molecule has 9 heteroatoms. The lowest BCUT2D eigenvalue weighted by atomic mass is 10.0. The first-order chi connectivity index (χ1) is 11.8. The summed E-state index contributed by atoms with van der Waals surface area (Å²) in [7, 11) is -1.82. The molecule has 2 fully saturated rings. The summed E-state index contributed by atoms with van der Waals surface area (Å²) in [5, 5.41) is 0. The Morgan fingerprint density at radius 2 is 2.00 bits per heavy atom. The van der Waals surface area contributed by atoms with Crippen LogP contribution in [0, 0.1) is 11.8 Å². The third-order valence-corrected chi connectivity index (χ3v) is 7.19. The lowest BCUT2D eigenvalue weighted by Gasteiger charge is -2.29. The molecule has 148 valence electrons. The normalized spacial score (nSPS) is 24.5. The second-order valence-corrected chi connectivity index (χ2v) is 9.36. The van der Waals surface area contributed by atoms with E-state index in [0.29, 0.717) is 50.3 Å². The standard InChI is InChI=1S/C17H28N4O3S.ClH/c1-13-4-3-6-21(10-13)25(23,24)15-8-16(19(2)12-15)17(22)20-7-5-14(9-18)11-20;/h8,12-14H,3-7,9-11,18H2,1-2H3;1H. The lowest BCUT2D eigenvalue weighted by Crippen LogP contribution is -2.38. The highest BCUT2D eigenvalue weighted by atomic mass is 35.5. The van der Waals surface area contributed by atoms with Gasteiger partial charge in [-0.25, -0.2) is 8.42 Å². The van der Waals surface area contributed by atoms with Gasteiger partial charge in [-0.15, -0.1) is 12.4 Å². The van der Waals surface area contributed by atoms with Gasteiger partial charge in [0.05, 0.1) is 0 Å². The molecule has 0 aliphatic carbocycles. The van der Waals surface area contributed by atoms with E-state index in [4.69, 9.17) is 5.73 Å². The minimum Gasteiger partial charge on any atom is -0.345 e. The summed E-state index contributed by atoms with van der Waals surface area (Å²) in [5.74, 6) is 0.584. The largest absolute Gasteiger partial charge is 0.345 e. The molecule has 2 aliphatic heterocycles. The van der Waals surface area contributed by atoms with Gasteiger partial charge < -0.3 is 15.2 Å². The zero-order valence-corrected chi connectivity index (χ0v) is 17.1. The smallest absolute Gasteiger partial charge is 0.270 e. The molecular formula is C17H29ClN4O3S. The quantitative estimate of drug-likeness (QED) is 0.818. The van der Waals surface area contributed by atoms with Gasteiger partial charge in [-0.1, -0.05) is 6.92 Å². The van der Waals surface area contributed by atoms with Gasteiger partial charge >= 0.3 is 0 Å². The summed E-state index contributed by atoms with van der Waals surface area (Å²) in [5.41, 5.74) is 6.11. The number of carbonyl (C=O) groups excluding carboxylic acids is 1. The fourth-order valence-electron chi connectivity index (χ4n) is 3.77.